The molecule has 0 aliphatic heterocycles. The van der Waals surface area contributed by atoms with E-state index < -0.39 is 0 Å². The monoisotopic (exact) mass is 588 g/mol. The Kier molecular flexibility index (Phi) is 5.77. The second-order valence-corrected chi connectivity index (χ2v) is 11.3. The molecule has 0 fully saturated rings. The van der Waals surface area contributed by atoms with Crippen molar-refractivity contribution in [3.05, 3.63) is 151 Å². The number of para-hydroxylation sites is 2. The molecule has 3 heterocycles. The molecule has 6 aromatic carbocycles. The van der Waals surface area contributed by atoms with E-state index in [1.807, 2.05) is 78.9 Å². The topological polar surface area (TPSA) is 72.3 Å². The molecule has 46 heavy (non-hydrogen) atoms. The van der Waals surface area contributed by atoms with Crippen LogP contribution in [0.1, 0.15) is 5.56 Å². The van der Waals surface area contributed by atoms with Gasteiger partial charge in [-0.05, 0) is 48.5 Å². The van der Waals surface area contributed by atoms with Gasteiger partial charge in [0.2, 0.25) is 5.95 Å². The summed E-state index contributed by atoms with van der Waals surface area (Å²) in [6.45, 7) is 0. The van der Waals surface area contributed by atoms with Crippen LogP contribution in [0.25, 0.3) is 78.0 Å². The number of hydrogen-bond acceptors (Lipinski definition) is 4. The Balaban J connectivity index is 1.35. The van der Waals surface area contributed by atoms with Crippen LogP contribution in [0.15, 0.2) is 146 Å². The Morgan fingerprint density at radius 1 is 0.435 bits per heavy atom. The zero-order valence-electron chi connectivity index (χ0n) is 24.5. The molecule has 0 aliphatic carbocycles. The van der Waals surface area contributed by atoms with Crippen molar-refractivity contribution in [3.8, 4) is 40.5 Å². The molecule has 6 heteroatoms. The number of nitrogens with zero attached hydrogens (tertiary/aromatic N) is 6. The SMILES string of the molecule is N#Cc1ccc2c(c1)c1cc(-n3c4ccccc4c4ccccc43)ccc1n2-c1nc(-c2ccccc2)nc(-c2ccccc2)n1. The molecule has 0 unspecified atom stereocenters. The van der Waals surface area contributed by atoms with Gasteiger partial charge >= 0.3 is 0 Å². The summed E-state index contributed by atoms with van der Waals surface area (Å²) in [7, 11) is 0. The molecule has 9 rings (SSSR count). The molecule has 0 saturated carbocycles. The lowest BCUT2D eigenvalue weighted by Gasteiger charge is -2.11. The van der Waals surface area contributed by atoms with Crippen LogP contribution in [0.2, 0.25) is 0 Å². The summed E-state index contributed by atoms with van der Waals surface area (Å²) in [6, 6.07) is 51.6. The highest BCUT2D eigenvalue weighted by molar-refractivity contribution is 6.12. The van der Waals surface area contributed by atoms with Crippen LogP contribution in [-0.2, 0) is 0 Å². The first-order valence-corrected chi connectivity index (χ1v) is 15.1. The minimum absolute atomic E-state index is 0.516. The third-order valence-electron chi connectivity index (χ3n) is 8.60. The molecule has 0 atom stereocenters. The van der Waals surface area contributed by atoms with Gasteiger partial charge in [-0.15, -0.1) is 0 Å². The van der Waals surface area contributed by atoms with Crippen molar-refractivity contribution in [2.24, 2.45) is 0 Å². The zero-order valence-corrected chi connectivity index (χ0v) is 24.5. The van der Waals surface area contributed by atoms with Gasteiger partial charge in [-0.25, -0.2) is 4.98 Å². The standard InChI is InChI=1S/C40H24N6/c41-25-26-19-21-36-32(23-26)33-24-29(45-34-17-9-7-15-30(34)31-16-8-10-18-35(31)45)20-22-37(33)46(36)40-43-38(27-11-3-1-4-12-27)42-39(44-40)28-13-5-2-6-14-28/h1-24H. The number of fused-ring (bicyclic) bond motifs is 6. The minimum Gasteiger partial charge on any atom is -0.309 e. The first-order valence-electron chi connectivity index (χ1n) is 15.1. The van der Waals surface area contributed by atoms with Gasteiger partial charge in [-0.3, -0.25) is 4.57 Å². The van der Waals surface area contributed by atoms with E-state index in [1.165, 1.54) is 10.8 Å². The molecule has 3 aromatic heterocycles. The lowest BCUT2D eigenvalue weighted by atomic mass is 10.1. The fraction of sp³-hybridized carbons (Fsp3) is 0. The summed E-state index contributed by atoms with van der Waals surface area (Å²) in [5, 5.41) is 14.2. The molecule has 0 spiro atoms. The van der Waals surface area contributed by atoms with Crippen molar-refractivity contribution >= 4 is 43.6 Å². The molecule has 214 valence electrons. The van der Waals surface area contributed by atoms with E-state index in [1.54, 1.807) is 0 Å². The Morgan fingerprint density at radius 3 is 1.52 bits per heavy atom. The van der Waals surface area contributed by atoms with Crippen molar-refractivity contribution in [1.82, 2.24) is 24.1 Å². The third-order valence-corrected chi connectivity index (χ3v) is 8.60. The summed E-state index contributed by atoms with van der Waals surface area (Å²) >= 11 is 0. The average Bonchev–Trinajstić information content (AvgIpc) is 3.64. The number of aromatic nitrogens is 5. The van der Waals surface area contributed by atoms with Gasteiger partial charge in [0, 0.05) is 38.4 Å². The molecule has 0 N–H and O–H groups in total. The predicted molar refractivity (Wildman–Crippen MR) is 184 cm³/mol. The quantitative estimate of drug-likeness (QED) is 0.205. The second kappa shape index (κ2) is 10.3. The largest absolute Gasteiger partial charge is 0.309 e. The maximum atomic E-state index is 9.87. The second-order valence-electron chi connectivity index (χ2n) is 11.3. The van der Waals surface area contributed by atoms with E-state index in [4.69, 9.17) is 15.0 Å². The first kappa shape index (κ1) is 25.9. The van der Waals surface area contributed by atoms with Crippen LogP contribution in [-0.4, -0.2) is 24.1 Å². The molecule has 0 radical (unpaired) electrons. The van der Waals surface area contributed by atoms with Gasteiger partial charge < -0.3 is 4.57 Å². The van der Waals surface area contributed by atoms with Crippen molar-refractivity contribution < 1.29 is 0 Å². The van der Waals surface area contributed by atoms with Crippen molar-refractivity contribution in [2.45, 2.75) is 0 Å². The lowest BCUT2D eigenvalue weighted by molar-refractivity contribution is 0.953. The first-order chi connectivity index (χ1) is 22.8. The average molecular weight is 589 g/mol. The van der Waals surface area contributed by atoms with Gasteiger partial charge in [-0.2, -0.15) is 15.2 Å². The molecule has 0 bridgehead atoms. The highest BCUT2D eigenvalue weighted by Crippen LogP contribution is 2.37. The number of hydrogen-bond donors (Lipinski definition) is 0. The van der Waals surface area contributed by atoms with E-state index in [-0.39, 0.29) is 0 Å². The van der Waals surface area contributed by atoms with E-state index in [2.05, 4.69) is 81.9 Å². The van der Waals surface area contributed by atoms with Gasteiger partial charge in [-0.1, -0.05) is 97.1 Å². The fourth-order valence-electron chi connectivity index (χ4n) is 6.53. The number of benzene rings is 6. The van der Waals surface area contributed by atoms with E-state index in [0.29, 0.717) is 23.2 Å². The molecule has 0 saturated heterocycles. The lowest BCUT2D eigenvalue weighted by Crippen LogP contribution is -2.06. The molecule has 0 amide bonds. The summed E-state index contributed by atoms with van der Waals surface area (Å²) < 4.78 is 4.40. The van der Waals surface area contributed by atoms with Crippen LogP contribution in [0.4, 0.5) is 0 Å². The van der Waals surface area contributed by atoms with Crippen molar-refractivity contribution in [1.29, 1.82) is 5.26 Å². The Labute approximate surface area is 264 Å². The van der Waals surface area contributed by atoms with E-state index in [9.17, 15) is 5.26 Å². The minimum atomic E-state index is 0.516. The van der Waals surface area contributed by atoms with E-state index >= 15 is 0 Å². The van der Waals surface area contributed by atoms with E-state index in [0.717, 1.165) is 49.7 Å². The Hall–Kier alpha value is -6.58. The molecular formula is C40H24N6. The third kappa shape index (κ3) is 4.00. The van der Waals surface area contributed by atoms with Gasteiger partial charge in [0.05, 0.1) is 33.7 Å². The smallest absolute Gasteiger partial charge is 0.238 e. The van der Waals surface area contributed by atoms with Crippen LogP contribution in [0.5, 0.6) is 0 Å². The maximum absolute atomic E-state index is 9.87. The van der Waals surface area contributed by atoms with Crippen LogP contribution >= 0.6 is 0 Å². The van der Waals surface area contributed by atoms with Crippen molar-refractivity contribution in [3.63, 3.8) is 0 Å². The molecular weight excluding hydrogens is 564 g/mol. The van der Waals surface area contributed by atoms with Gasteiger partial charge in [0.1, 0.15) is 0 Å². The molecule has 6 nitrogen and oxygen atoms in total. The predicted octanol–water partition coefficient (Wildman–Crippen LogP) is 9.27. The number of rotatable bonds is 4. The molecule has 0 aliphatic rings. The van der Waals surface area contributed by atoms with Gasteiger partial charge in [0.15, 0.2) is 11.6 Å². The Morgan fingerprint density at radius 2 is 0.935 bits per heavy atom. The van der Waals surface area contributed by atoms with Crippen molar-refractivity contribution in [2.75, 3.05) is 0 Å². The molecule has 9 aromatic rings. The van der Waals surface area contributed by atoms with Crippen LogP contribution < -0.4 is 0 Å². The zero-order chi connectivity index (χ0) is 30.6. The fourth-order valence-corrected chi connectivity index (χ4v) is 6.53. The van der Waals surface area contributed by atoms with Crippen LogP contribution in [0.3, 0.4) is 0 Å². The highest BCUT2D eigenvalue weighted by atomic mass is 15.2. The normalized spacial score (nSPS) is 11.5. The van der Waals surface area contributed by atoms with Gasteiger partial charge in [0.25, 0.3) is 0 Å². The number of nitriles is 1. The summed E-state index contributed by atoms with van der Waals surface area (Å²) in [5.41, 5.74) is 7.59. The summed E-state index contributed by atoms with van der Waals surface area (Å²) in [4.78, 5) is 15.0. The summed E-state index contributed by atoms with van der Waals surface area (Å²) in [5.74, 6) is 1.70. The maximum Gasteiger partial charge on any atom is 0.238 e. The summed E-state index contributed by atoms with van der Waals surface area (Å²) in [6.07, 6.45) is 0. The van der Waals surface area contributed by atoms with Crippen LogP contribution in [0, 0.1) is 11.3 Å². The highest BCUT2D eigenvalue weighted by Gasteiger charge is 2.20. The Bertz CT molecular complexity index is 2530.